The fraction of sp³-hybridized carbons (Fsp3) is 0.556. The summed E-state index contributed by atoms with van der Waals surface area (Å²) in [6.45, 7) is 11.8. The second kappa shape index (κ2) is 10.1. The number of rotatable bonds is 6. The molecule has 3 aliphatic rings. The summed E-state index contributed by atoms with van der Waals surface area (Å²) in [5.74, 6) is 2.04. The average molecular weight is 492 g/mol. The van der Waals surface area contributed by atoms with Gasteiger partial charge in [0.05, 0.1) is 18.1 Å². The fourth-order valence-corrected chi connectivity index (χ4v) is 5.80. The Morgan fingerprint density at radius 1 is 1.03 bits per heavy atom. The summed E-state index contributed by atoms with van der Waals surface area (Å²) in [5, 5.41) is 14.5. The highest BCUT2D eigenvalue weighted by molar-refractivity contribution is 6.05. The maximum Gasteiger partial charge on any atom is 0.160 e. The number of fused-ring (bicyclic) bond motifs is 1. The molecular weight excluding hydrogens is 454 g/mol. The maximum atomic E-state index is 12.4. The smallest absolute Gasteiger partial charge is 0.160 e. The Kier molecular flexibility index (Phi) is 6.94. The van der Waals surface area contributed by atoms with Crippen molar-refractivity contribution in [2.24, 2.45) is 0 Å². The van der Waals surface area contributed by atoms with Crippen molar-refractivity contribution in [3.8, 4) is 0 Å². The molecule has 1 atom stereocenters. The van der Waals surface area contributed by atoms with E-state index in [1.807, 2.05) is 24.1 Å². The lowest BCUT2D eigenvalue weighted by atomic mass is 9.91. The van der Waals surface area contributed by atoms with Crippen molar-refractivity contribution in [3.63, 3.8) is 0 Å². The van der Waals surface area contributed by atoms with Crippen LogP contribution in [0.5, 0.6) is 0 Å². The second-order valence-electron chi connectivity index (χ2n) is 10.4. The van der Waals surface area contributed by atoms with Crippen molar-refractivity contribution in [1.29, 1.82) is 0 Å². The minimum Gasteiger partial charge on any atom is -0.369 e. The normalized spacial score (nSPS) is 21.3. The molecule has 1 aliphatic carbocycles. The standard InChI is InChI=1S/C27H37N7O2/c1-17(2)32-9-11-33(12-10-32)25-16-29-24(15-30-25)31-23-13-22-21(14-28-23)18(3)26(19(4)35)27(36)34(22)20-7-5-6-8-20/h13-17,20,27,36H,5-12H2,1-4H3,(H,28,29,31). The number of piperazine rings is 1. The van der Waals surface area contributed by atoms with Gasteiger partial charge in [0.25, 0.3) is 0 Å². The molecule has 0 spiro atoms. The molecule has 9 heteroatoms. The first kappa shape index (κ1) is 24.6. The molecule has 2 aliphatic heterocycles. The first-order valence-corrected chi connectivity index (χ1v) is 13.1. The van der Waals surface area contributed by atoms with E-state index < -0.39 is 6.23 Å². The van der Waals surface area contributed by atoms with Gasteiger partial charge >= 0.3 is 0 Å². The minimum atomic E-state index is -0.941. The molecule has 0 aromatic carbocycles. The molecule has 5 rings (SSSR count). The Morgan fingerprint density at radius 2 is 1.72 bits per heavy atom. The third-order valence-corrected chi connectivity index (χ3v) is 7.85. The monoisotopic (exact) mass is 491 g/mol. The Hall–Kier alpha value is -3.04. The topological polar surface area (TPSA) is 97.7 Å². The van der Waals surface area contributed by atoms with Crippen molar-refractivity contribution in [1.82, 2.24) is 19.9 Å². The summed E-state index contributed by atoms with van der Waals surface area (Å²) in [5.41, 5.74) is 3.06. The van der Waals surface area contributed by atoms with E-state index in [9.17, 15) is 9.90 Å². The second-order valence-corrected chi connectivity index (χ2v) is 10.4. The van der Waals surface area contributed by atoms with Gasteiger partial charge in [0, 0.05) is 61.7 Å². The van der Waals surface area contributed by atoms with Gasteiger partial charge in [-0.3, -0.25) is 9.69 Å². The highest BCUT2D eigenvalue weighted by Crippen LogP contribution is 2.42. The molecule has 0 radical (unpaired) electrons. The number of carbonyl (C=O) groups excluding carboxylic acids is 1. The highest BCUT2D eigenvalue weighted by Gasteiger charge is 2.37. The number of pyridine rings is 1. The average Bonchev–Trinajstić information content (AvgIpc) is 3.39. The number of carbonyl (C=O) groups is 1. The quantitative estimate of drug-likeness (QED) is 0.628. The lowest BCUT2D eigenvalue weighted by Gasteiger charge is -2.41. The number of aromatic nitrogens is 3. The van der Waals surface area contributed by atoms with Crippen LogP contribution in [0.3, 0.4) is 0 Å². The van der Waals surface area contributed by atoms with Crippen molar-refractivity contribution in [3.05, 3.63) is 35.8 Å². The lowest BCUT2D eigenvalue weighted by Crippen LogP contribution is -2.49. The van der Waals surface area contributed by atoms with Crippen LogP contribution in [-0.4, -0.2) is 75.2 Å². The van der Waals surface area contributed by atoms with Crippen LogP contribution in [0.15, 0.2) is 30.2 Å². The van der Waals surface area contributed by atoms with Gasteiger partial charge in [-0.25, -0.2) is 15.0 Å². The molecule has 0 amide bonds. The van der Waals surface area contributed by atoms with Crippen LogP contribution in [0.25, 0.3) is 5.57 Å². The maximum absolute atomic E-state index is 12.4. The number of Topliss-reactive ketones (excluding diaryl/α,β-unsaturated/α-hetero) is 1. The molecule has 1 saturated carbocycles. The number of allylic oxidation sites excluding steroid dienone is 1. The van der Waals surface area contributed by atoms with Gasteiger partial charge in [-0.1, -0.05) is 12.8 Å². The molecule has 2 aromatic heterocycles. The first-order chi connectivity index (χ1) is 17.3. The third-order valence-electron chi connectivity index (χ3n) is 7.85. The molecule has 1 unspecified atom stereocenters. The van der Waals surface area contributed by atoms with Crippen LogP contribution in [0.2, 0.25) is 0 Å². The molecule has 9 nitrogen and oxygen atoms in total. The Morgan fingerprint density at radius 3 is 2.33 bits per heavy atom. The summed E-state index contributed by atoms with van der Waals surface area (Å²) in [4.78, 5) is 33.0. The van der Waals surface area contributed by atoms with Crippen LogP contribution in [0, 0.1) is 0 Å². The Labute approximate surface area is 213 Å². The number of ketones is 1. The molecule has 2 N–H and O–H groups in total. The van der Waals surface area contributed by atoms with Crippen LogP contribution in [0.1, 0.15) is 58.9 Å². The van der Waals surface area contributed by atoms with Gasteiger partial charge in [0.2, 0.25) is 0 Å². The van der Waals surface area contributed by atoms with Crippen LogP contribution in [0.4, 0.5) is 23.1 Å². The summed E-state index contributed by atoms with van der Waals surface area (Å²) < 4.78 is 0. The molecule has 192 valence electrons. The summed E-state index contributed by atoms with van der Waals surface area (Å²) in [6, 6.07) is 2.72. The zero-order valence-corrected chi connectivity index (χ0v) is 21.7. The van der Waals surface area contributed by atoms with E-state index in [4.69, 9.17) is 0 Å². The predicted octanol–water partition coefficient (Wildman–Crippen LogP) is 3.59. The van der Waals surface area contributed by atoms with Gasteiger partial charge in [-0.15, -0.1) is 0 Å². The zero-order chi connectivity index (χ0) is 25.4. The van der Waals surface area contributed by atoms with Crippen molar-refractivity contribution in [2.45, 2.75) is 71.7 Å². The molecule has 0 bridgehead atoms. The highest BCUT2D eigenvalue weighted by atomic mass is 16.3. The fourth-order valence-electron chi connectivity index (χ4n) is 5.80. The summed E-state index contributed by atoms with van der Waals surface area (Å²) in [7, 11) is 0. The summed E-state index contributed by atoms with van der Waals surface area (Å²) >= 11 is 0. The number of hydrogen-bond acceptors (Lipinski definition) is 9. The van der Waals surface area contributed by atoms with Crippen LogP contribution in [-0.2, 0) is 4.79 Å². The number of aliphatic hydroxyl groups is 1. The van der Waals surface area contributed by atoms with Crippen molar-refractivity contribution >= 4 is 34.5 Å². The van der Waals surface area contributed by atoms with Crippen LogP contribution >= 0.6 is 0 Å². The van der Waals surface area contributed by atoms with Gasteiger partial charge in [0.1, 0.15) is 17.5 Å². The number of nitrogens with zero attached hydrogens (tertiary/aromatic N) is 6. The minimum absolute atomic E-state index is 0.100. The zero-order valence-electron chi connectivity index (χ0n) is 21.7. The molecule has 4 heterocycles. The predicted molar refractivity (Wildman–Crippen MR) is 142 cm³/mol. The number of hydrogen-bond donors (Lipinski definition) is 2. The van der Waals surface area contributed by atoms with E-state index in [1.165, 1.54) is 6.92 Å². The molecular formula is C27H37N7O2. The largest absolute Gasteiger partial charge is 0.369 e. The number of aliphatic hydroxyl groups excluding tert-OH is 1. The van der Waals surface area contributed by atoms with Crippen LogP contribution < -0.4 is 15.1 Å². The number of anilines is 4. The van der Waals surface area contributed by atoms with Gasteiger partial charge in [-0.2, -0.15) is 0 Å². The SMILES string of the molecule is CC(=O)C1=C(C)c2cnc(Nc3cnc(N4CCN(C(C)C)CC4)cn3)cc2N(C2CCCC2)C1O. The van der Waals surface area contributed by atoms with E-state index in [0.717, 1.165) is 74.5 Å². The Bertz CT molecular complexity index is 1130. The van der Waals surface area contributed by atoms with E-state index in [-0.39, 0.29) is 11.8 Å². The van der Waals surface area contributed by atoms with Gasteiger partial charge in [-0.05, 0) is 46.1 Å². The molecule has 2 aromatic rings. The van der Waals surface area contributed by atoms with E-state index >= 15 is 0 Å². The van der Waals surface area contributed by atoms with E-state index in [1.54, 1.807) is 12.4 Å². The van der Waals surface area contributed by atoms with E-state index in [2.05, 4.69) is 43.9 Å². The Balaban J connectivity index is 1.36. The summed E-state index contributed by atoms with van der Waals surface area (Å²) in [6.07, 6.45) is 8.68. The molecule has 1 saturated heterocycles. The third kappa shape index (κ3) is 4.69. The van der Waals surface area contributed by atoms with Crippen molar-refractivity contribution < 1.29 is 9.90 Å². The van der Waals surface area contributed by atoms with Gasteiger partial charge in [0.15, 0.2) is 12.0 Å². The molecule has 2 fully saturated rings. The van der Waals surface area contributed by atoms with E-state index in [0.29, 0.717) is 23.3 Å². The first-order valence-electron chi connectivity index (χ1n) is 13.1. The lowest BCUT2D eigenvalue weighted by molar-refractivity contribution is -0.114. The van der Waals surface area contributed by atoms with Crippen molar-refractivity contribution in [2.75, 3.05) is 41.3 Å². The molecule has 36 heavy (non-hydrogen) atoms. The number of nitrogens with one attached hydrogen (secondary N) is 1. The van der Waals surface area contributed by atoms with Gasteiger partial charge < -0.3 is 20.2 Å².